The molecule has 0 bridgehead atoms. The van der Waals surface area contributed by atoms with E-state index in [-0.39, 0.29) is 38.2 Å². The van der Waals surface area contributed by atoms with Crippen molar-refractivity contribution in [3.63, 3.8) is 0 Å². The zero-order chi connectivity index (χ0) is 54.1. The molecule has 2 unspecified atom stereocenters. The minimum atomic E-state index is -1.51. The first kappa shape index (κ1) is 71.2. The molecule has 0 fully saturated rings. The van der Waals surface area contributed by atoms with Gasteiger partial charge in [-0.3, -0.25) is 9.59 Å². The normalized spacial score (nSPS) is 13.0. The van der Waals surface area contributed by atoms with Crippen LogP contribution in [0.25, 0.3) is 0 Å². The third kappa shape index (κ3) is 57.0. The van der Waals surface area contributed by atoms with Gasteiger partial charge in [0.15, 0.2) is 6.10 Å². The van der Waals surface area contributed by atoms with Crippen LogP contribution < -0.4 is 0 Å². The maximum atomic E-state index is 12.9. The first-order valence-electron chi connectivity index (χ1n) is 31.3. The number of ether oxygens (including phenoxy) is 4. The van der Waals surface area contributed by atoms with Crippen LogP contribution in [0.4, 0.5) is 0 Å². The summed E-state index contributed by atoms with van der Waals surface area (Å²) >= 11 is 0. The van der Waals surface area contributed by atoms with Gasteiger partial charge in [-0.2, -0.15) is 0 Å². The molecule has 0 aliphatic rings. The number of carboxylic acid groups (broad SMARTS) is 1. The van der Waals surface area contributed by atoms with Crippen molar-refractivity contribution in [2.24, 2.45) is 0 Å². The molecule has 0 rings (SSSR count). The number of hydrogen-bond donors (Lipinski definition) is 1. The van der Waals surface area contributed by atoms with Crippen LogP contribution in [0.5, 0.6) is 0 Å². The van der Waals surface area contributed by atoms with Crippen molar-refractivity contribution in [2.45, 2.75) is 302 Å². The molecule has 9 nitrogen and oxygen atoms in total. The van der Waals surface area contributed by atoms with Crippen molar-refractivity contribution < 1.29 is 42.9 Å². The first-order valence-corrected chi connectivity index (χ1v) is 31.3. The van der Waals surface area contributed by atoms with E-state index in [1.165, 1.54) is 199 Å². The fourth-order valence-electron chi connectivity index (χ4n) is 9.07. The second kappa shape index (κ2) is 56.5. The summed E-state index contributed by atoms with van der Waals surface area (Å²) in [5, 5.41) is 9.71. The fraction of sp³-hybridized carbons (Fsp3) is 0.831. The molecule has 0 spiro atoms. The van der Waals surface area contributed by atoms with Gasteiger partial charge in [0.25, 0.3) is 6.29 Å². The van der Waals surface area contributed by atoms with Gasteiger partial charge in [-0.1, -0.05) is 274 Å². The molecular weight excluding hydrogens is 923 g/mol. The molecular formula is C65H120NO8+. The predicted octanol–water partition coefficient (Wildman–Crippen LogP) is 18.6. The molecule has 0 aliphatic heterocycles. The Balaban J connectivity index is 4.11. The molecule has 0 aliphatic carbocycles. The Labute approximate surface area is 457 Å². The van der Waals surface area contributed by atoms with Gasteiger partial charge in [-0.15, -0.1) is 0 Å². The average molecular weight is 1040 g/mol. The number of rotatable bonds is 58. The molecule has 2 atom stereocenters. The number of unbranched alkanes of at least 4 members (excludes halogenated alkanes) is 35. The number of allylic oxidation sites excluding steroid dienone is 8. The second-order valence-corrected chi connectivity index (χ2v) is 22.3. The van der Waals surface area contributed by atoms with Crippen LogP contribution in [0.15, 0.2) is 48.6 Å². The lowest BCUT2D eigenvalue weighted by molar-refractivity contribution is -0.870. The molecule has 0 aromatic heterocycles. The lowest BCUT2D eigenvalue weighted by Crippen LogP contribution is -2.40. The van der Waals surface area contributed by atoms with Crippen LogP contribution in [0.3, 0.4) is 0 Å². The Morgan fingerprint density at radius 3 is 1.15 bits per heavy atom. The molecule has 0 aromatic rings. The second-order valence-electron chi connectivity index (χ2n) is 22.3. The standard InChI is InChI=1S/C65H119NO8/c1-6-8-10-12-14-16-18-20-22-24-26-27-28-29-30-31-32-33-34-35-36-37-38-40-42-44-46-48-50-52-54-56-63(68)74-61(60-73-65(64(69)70)71-58-57-66(3,4)5)59-72-62(67)55-53-51-49-47-45-43-41-39-25-23-21-19-17-15-13-11-9-7-2/h8,10,14,16,20,22,26-27,61,65H,6-7,9,11-13,15,17-19,21,23-25,28-60H2,1-5H3/p+1/b10-8-,16-14-,22-20-,27-26-. The van der Waals surface area contributed by atoms with Crippen LogP contribution in [0.1, 0.15) is 290 Å². The molecule has 432 valence electrons. The van der Waals surface area contributed by atoms with Crippen molar-refractivity contribution in [3.05, 3.63) is 48.6 Å². The Bertz CT molecular complexity index is 1350. The van der Waals surface area contributed by atoms with Crippen LogP contribution >= 0.6 is 0 Å². The highest BCUT2D eigenvalue weighted by molar-refractivity contribution is 5.71. The summed E-state index contributed by atoms with van der Waals surface area (Å²) in [7, 11) is 5.98. The monoisotopic (exact) mass is 1040 g/mol. The summed E-state index contributed by atoms with van der Waals surface area (Å²) in [5.41, 5.74) is 0. The SMILES string of the molecule is CC/C=C\C/C=C\C/C=C\C/C=C\CCCCCCCCCCCCCCCCCCCCC(=O)OC(COC(=O)CCCCCCCCCCCCCCCCCCCC)COC(OCC[N+](C)(C)C)C(=O)O. The Kier molecular flexibility index (Phi) is 54.4. The van der Waals surface area contributed by atoms with Crippen LogP contribution in [0, 0.1) is 0 Å². The minimum absolute atomic E-state index is 0.177. The molecule has 74 heavy (non-hydrogen) atoms. The van der Waals surface area contributed by atoms with E-state index in [0.717, 1.165) is 64.2 Å². The van der Waals surface area contributed by atoms with Gasteiger partial charge in [0, 0.05) is 12.8 Å². The van der Waals surface area contributed by atoms with E-state index in [4.69, 9.17) is 18.9 Å². The number of quaternary nitrogens is 1. The molecule has 1 N–H and O–H groups in total. The van der Waals surface area contributed by atoms with Crippen LogP contribution in [0.2, 0.25) is 0 Å². The molecule has 0 saturated carbocycles. The lowest BCUT2D eigenvalue weighted by atomic mass is 10.0. The van der Waals surface area contributed by atoms with Gasteiger partial charge in [0.1, 0.15) is 13.2 Å². The molecule has 0 heterocycles. The van der Waals surface area contributed by atoms with E-state index in [2.05, 4.69) is 62.5 Å². The Morgan fingerprint density at radius 2 is 0.770 bits per heavy atom. The summed E-state index contributed by atoms with van der Waals surface area (Å²) in [6.45, 7) is 4.81. The highest BCUT2D eigenvalue weighted by Crippen LogP contribution is 2.18. The number of likely N-dealkylation sites (N-methyl/N-ethyl adjacent to an activating group) is 1. The minimum Gasteiger partial charge on any atom is -0.477 e. The third-order valence-electron chi connectivity index (χ3n) is 13.8. The largest absolute Gasteiger partial charge is 0.477 e. The molecule has 0 aromatic carbocycles. The predicted molar refractivity (Wildman–Crippen MR) is 314 cm³/mol. The number of nitrogens with zero attached hydrogens (tertiary/aromatic N) is 1. The summed E-state index contributed by atoms with van der Waals surface area (Å²) in [6, 6.07) is 0. The quantitative estimate of drug-likeness (QED) is 0.0211. The van der Waals surface area contributed by atoms with Crippen molar-refractivity contribution in [2.75, 3.05) is 47.5 Å². The summed E-state index contributed by atoms with van der Waals surface area (Å²) < 4.78 is 22.9. The average Bonchev–Trinajstić information content (AvgIpc) is 3.37. The number of aliphatic carboxylic acids is 1. The Hall–Kier alpha value is -2.75. The highest BCUT2D eigenvalue weighted by Gasteiger charge is 2.25. The summed E-state index contributed by atoms with van der Waals surface area (Å²) in [6.07, 6.45) is 67.7. The van der Waals surface area contributed by atoms with E-state index in [1.54, 1.807) is 0 Å². The van der Waals surface area contributed by atoms with Gasteiger partial charge in [-0.25, -0.2) is 4.79 Å². The topological polar surface area (TPSA) is 108 Å². The smallest absolute Gasteiger partial charge is 0.361 e. The first-order chi connectivity index (χ1) is 36.1. The highest BCUT2D eigenvalue weighted by atomic mass is 16.7. The van der Waals surface area contributed by atoms with Crippen molar-refractivity contribution >= 4 is 17.9 Å². The maximum absolute atomic E-state index is 12.9. The number of esters is 2. The maximum Gasteiger partial charge on any atom is 0.361 e. The molecule has 0 amide bonds. The number of carbonyl (C=O) groups excluding carboxylic acids is 2. The van der Waals surface area contributed by atoms with Crippen LogP contribution in [-0.4, -0.2) is 87.4 Å². The van der Waals surface area contributed by atoms with Gasteiger partial charge in [0.05, 0.1) is 34.4 Å². The summed E-state index contributed by atoms with van der Waals surface area (Å²) in [5.74, 6) is -1.98. The summed E-state index contributed by atoms with van der Waals surface area (Å²) in [4.78, 5) is 37.5. The zero-order valence-corrected chi connectivity index (χ0v) is 49.3. The zero-order valence-electron chi connectivity index (χ0n) is 49.3. The van der Waals surface area contributed by atoms with Crippen molar-refractivity contribution in [1.82, 2.24) is 0 Å². The van der Waals surface area contributed by atoms with E-state index < -0.39 is 18.4 Å². The lowest BCUT2D eigenvalue weighted by Gasteiger charge is -2.25. The van der Waals surface area contributed by atoms with Gasteiger partial charge in [0.2, 0.25) is 0 Å². The van der Waals surface area contributed by atoms with Crippen LogP contribution in [-0.2, 0) is 33.3 Å². The van der Waals surface area contributed by atoms with E-state index >= 15 is 0 Å². The number of carbonyl (C=O) groups is 3. The van der Waals surface area contributed by atoms with Gasteiger partial charge >= 0.3 is 17.9 Å². The molecule has 0 radical (unpaired) electrons. The Morgan fingerprint density at radius 1 is 0.419 bits per heavy atom. The van der Waals surface area contributed by atoms with E-state index in [1.807, 2.05) is 21.1 Å². The number of carboxylic acids is 1. The van der Waals surface area contributed by atoms with E-state index in [0.29, 0.717) is 17.4 Å². The number of hydrogen-bond acceptors (Lipinski definition) is 7. The third-order valence-corrected chi connectivity index (χ3v) is 13.8. The fourth-order valence-corrected chi connectivity index (χ4v) is 9.07. The molecule has 0 saturated heterocycles. The van der Waals surface area contributed by atoms with Gasteiger partial charge in [-0.05, 0) is 51.4 Å². The van der Waals surface area contributed by atoms with Gasteiger partial charge < -0.3 is 28.5 Å². The van der Waals surface area contributed by atoms with Crippen molar-refractivity contribution in [1.29, 1.82) is 0 Å². The van der Waals surface area contributed by atoms with Crippen molar-refractivity contribution in [3.8, 4) is 0 Å². The molecule has 9 heteroatoms. The van der Waals surface area contributed by atoms with E-state index in [9.17, 15) is 19.5 Å².